The largest absolute Gasteiger partial charge is 0.373 e. The maximum absolute atomic E-state index is 13.8. The van der Waals surface area contributed by atoms with E-state index < -0.39 is 0 Å². The number of anilines is 1. The number of benzene rings is 1. The maximum Gasteiger partial charge on any atom is 0.135 e. The van der Waals surface area contributed by atoms with Gasteiger partial charge in [0.25, 0.3) is 0 Å². The van der Waals surface area contributed by atoms with Crippen molar-refractivity contribution in [3.63, 3.8) is 0 Å². The molecule has 106 valence electrons. The summed E-state index contributed by atoms with van der Waals surface area (Å²) in [6.45, 7) is 4.01. The minimum Gasteiger partial charge on any atom is -0.373 e. The van der Waals surface area contributed by atoms with Gasteiger partial charge >= 0.3 is 0 Å². The number of rotatable bonds is 4. The summed E-state index contributed by atoms with van der Waals surface area (Å²) >= 11 is 6.05. The van der Waals surface area contributed by atoms with Crippen LogP contribution in [0.15, 0.2) is 18.2 Å². The molecule has 0 aliphatic heterocycles. The van der Waals surface area contributed by atoms with Crippen molar-refractivity contribution in [3.05, 3.63) is 51.7 Å². The summed E-state index contributed by atoms with van der Waals surface area (Å²) in [4.78, 5) is 8.93. The van der Waals surface area contributed by atoms with E-state index in [1.54, 1.807) is 12.1 Å². The molecule has 0 aliphatic carbocycles. The van der Waals surface area contributed by atoms with E-state index in [2.05, 4.69) is 15.3 Å². The maximum atomic E-state index is 13.8. The van der Waals surface area contributed by atoms with Crippen LogP contribution in [0.5, 0.6) is 0 Å². The lowest BCUT2D eigenvalue weighted by atomic mass is 10.1. The second-order valence-electron chi connectivity index (χ2n) is 4.54. The highest BCUT2D eigenvalue weighted by atomic mass is 35.5. The minimum absolute atomic E-state index is 0.285. The molecule has 0 bridgehead atoms. The van der Waals surface area contributed by atoms with Crippen molar-refractivity contribution in [1.29, 1.82) is 0 Å². The van der Waals surface area contributed by atoms with Gasteiger partial charge in [0.15, 0.2) is 0 Å². The van der Waals surface area contributed by atoms with E-state index in [0.29, 0.717) is 16.4 Å². The van der Waals surface area contributed by atoms with Crippen molar-refractivity contribution in [2.45, 2.75) is 26.7 Å². The van der Waals surface area contributed by atoms with Crippen LogP contribution in [0.2, 0.25) is 5.02 Å². The molecule has 0 atom stereocenters. The third kappa shape index (κ3) is 2.90. The Kier molecular flexibility index (Phi) is 4.55. The van der Waals surface area contributed by atoms with E-state index in [0.717, 1.165) is 23.5 Å². The Bertz CT molecular complexity index is 583. The summed E-state index contributed by atoms with van der Waals surface area (Å²) in [5, 5.41) is 3.45. The number of hydrogen-bond donors (Lipinski definition) is 1. The number of nitrogens with one attached hydrogen (secondary N) is 1. The summed E-state index contributed by atoms with van der Waals surface area (Å²) in [6.07, 6.45) is 1.09. The van der Waals surface area contributed by atoms with Crippen molar-refractivity contribution in [2.24, 2.45) is 0 Å². The molecule has 2 rings (SSSR count). The number of nitrogens with zero attached hydrogens (tertiary/aromatic N) is 2. The van der Waals surface area contributed by atoms with Crippen LogP contribution in [0, 0.1) is 12.7 Å². The molecule has 0 saturated carbocycles. The zero-order chi connectivity index (χ0) is 14.7. The molecule has 0 aliphatic rings. The lowest BCUT2D eigenvalue weighted by Gasteiger charge is -2.12. The highest BCUT2D eigenvalue weighted by Crippen LogP contribution is 2.23. The lowest BCUT2D eigenvalue weighted by molar-refractivity contribution is 0.612. The fourth-order valence-electron chi connectivity index (χ4n) is 2.14. The number of halogens is 2. The second kappa shape index (κ2) is 6.18. The van der Waals surface area contributed by atoms with Crippen LogP contribution in [0.1, 0.15) is 29.6 Å². The Hall–Kier alpha value is -1.68. The zero-order valence-electron chi connectivity index (χ0n) is 11.8. The molecule has 0 amide bonds. The SMILES string of the molecule is CCc1nc(Cc2c(F)cccc2Cl)nc(NC)c1C. The van der Waals surface area contributed by atoms with Crippen LogP contribution in [0.4, 0.5) is 10.2 Å². The molecular formula is C15H17ClFN3. The van der Waals surface area contributed by atoms with E-state index in [4.69, 9.17) is 11.6 Å². The molecule has 1 N–H and O–H groups in total. The Labute approximate surface area is 123 Å². The topological polar surface area (TPSA) is 37.8 Å². The first-order valence-electron chi connectivity index (χ1n) is 6.53. The number of hydrogen-bond acceptors (Lipinski definition) is 3. The lowest BCUT2D eigenvalue weighted by Crippen LogP contribution is -2.08. The highest BCUT2D eigenvalue weighted by molar-refractivity contribution is 6.31. The average Bonchev–Trinajstić information content (AvgIpc) is 2.44. The van der Waals surface area contributed by atoms with Gasteiger partial charge < -0.3 is 5.32 Å². The summed E-state index contributed by atoms with van der Waals surface area (Å²) in [5.74, 6) is 1.02. The van der Waals surface area contributed by atoms with Crippen molar-refractivity contribution in [2.75, 3.05) is 12.4 Å². The molecule has 5 heteroatoms. The molecule has 0 radical (unpaired) electrons. The smallest absolute Gasteiger partial charge is 0.135 e. The van der Waals surface area contributed by atoms with Gasteiger partial charge in [-0.1, -0.05) is 24.6 Å². The third-order valence-corrected chi connectivity index (χ3v) is 3.62. The Morgan fingerprint density at radius 1 is 1.30 bits per heavy atom. The minimum atomic E-state index is -0.328. The van der Waals surface area contributed by atoms with Crippen LogP contribution in [-0.4, -0.2) is 17.0 Å². The van der Waals surface area contributed by atoms with Crippen LogP contribution in [0.3, 0.4) is 0 Å². The molecule has 3 nitrogen and oxygen atoms in total. The van der Waals surface area contributed by atoms with Gasteiger partial charge in [-0.15, -0.1) is 0 Å². The predicted molar refractivity (Wildman–Crippen MR) is 79.9 cm³/mol. The van der Waals surface area contributed by atoms with E-state index in [1.165, 1.54) is 6.07 Å². The van der Waals surface area contributed by atoms with Gasteiger partial charge in [-0.05, 0) is 25.5 Å². The molecule has 0 saturated heterocycles. The van der Waals surface area contributed by atoms with Crippen molar-refractivity contribution in [1.82, 2.24) is 9.97 Å². The summed E-state index contributed by atoms with van der Waals surface area (Å²) in [5.41, 5.74) is 2.42. The van der Waals surface area contributed by atoms with E-state index in [-0.39, 0.29) is 12.2 Å². The second-order valence-corrected chi connectivity index (χ2v) is 4.95. The molecule has 1 heterocycles. The van der Waals surface area contributed by atoms with Crippen LogP contribution in [0.25, 0.3) is 0 Å². The predicted octanol–water partition coefficient (Wildman–Crippen LogP) is 3.77. The third-order valence-electron chi connectivity index (χ3n) is 3.26. The Morgan fingerprint density at radius 3 is 2.65 bits per heavy atom. The Balaban J connectivity index is 2.44. The van der Waals surface area contributed by atoms with Gasteiger partial charge in [-0.3, -0.25) is 0 Å². The molecule has 0 fully saturated rings. The monoisotopic (exact) mass is 293 g/mol. The van der Waals surface area contributed by atoms with E-state index >= 15 is 0 Å². The first kappa shape index (κ1) is 14.7. The average molecular weight is 294 g/mol. The van der Waals surface area contributed by atoms with Crippen LogP contribution < -0.4 is 5.32 Å². The van der Waals surface area contributed by atoms with Crippen molar-refractivity contribution in [3.8, 4) is 0 Å². The first-order valence-corrected chi connectivity index (χ1v) is 6.91. The van der Waals surface area contributed by atoms with Crippen LogP contribution in [-0.2, 0) is 12.8 Å². The molecule has 0 spiro atoms. The van der Waals surface area contributed by atoms with Crippen molar-refractivity contribution >= 4 is 17.4 Å². The van der Waals surface area contributed by atoms with Crippen LogP contribution >= 0.6 is 11.6 Å². The molecule has 2 aromatic rings. The first-order chi connectivity index (χ1) is 9.56. The van der Waals surface area contributed by atoms with Gasteiger partial charge in [0.05, 0.1) is 0 Å². The van der Waals surface area contributed by atoms with Gasteiger partial charge in [0.2, 0.25) is 0 Å². The molecule has 1 aromatic carbocycles. The fourth-order valence-corrected chi connectivity index (χ4v) is 2.37. The molecule has 20 heavy (non-hydrogen) atoms. The normalized spacial score (nSPS) is 10.7. The summed E-state index contributed by atoms with van der Waals surface area (Å²) in [6, 6.07) is 4.66. The van der Waals surface area contributed by atoms with Gasteiger partial charge in [0.1, 0.15) is 17.5 Å². The van der Waals surface area contributed by atoms with Gasteiger partial charge in [-0.25, -0.2) is 14.4 Å². The zero-order valence-corrected chi connectivity index (χ0v) is 12.6. The number of aryl methyl sites for hydroxylation is 1. The molecule has 1 aromatic heterocycles. The highest BCUT2D eigenvalue weighted by Gasteiger charge is 2.13. The Morgan fingerprint density at radius 2 is 2.05 bits per heavy atom. The molecule has 0 unspecified atom stereocenters. The van der Waals surface area contributed by atoms with Gasteiger partial charge in [0, 0.05) is 35.3 Å². The standard InChI is InChI=1S/C15H17ClFN3/c1-4-13-9(2)15(18-3)20-14(19-13)8-10-11(16)6-5-7-12(10)17/h5-7H,4,8H2,1-3H3,(H,18,19,20). The van der Waals surface area contributed by atoms with E-state index in [9.17, 15) is 4.39 Å². The fraction of sp³-hybridized carbons (Fsp3) is 0.333. The summed E-state index contributed by atoms with van der Waals surface area (Å²) in [7, 11) is 1.81. The number of aromatic nitrogens is 2. The van der Waals surface area contributed by atoms with Crippen molar-refractivity contribution < 1.29 is 4.39 Å². The van der Waals surface area contributed by atoms with E-state index in [1.807, 2.05) is 20.9 Å². The quantitative estimate of drug-likeness (QED) is 0.932. The molecular weight excluding hydrogens is 277 g/mol. The summed E-state index contributed by atoms with van der Waals surface area (Å²) < 4.78 is 13.8. The van der Waals surface area contributed by atoms with Gasteiger partial charge in [-0.2, -0.15) is 0 Å².